The average molecular weight is 291 g/mol. The van der Waals surface area contributed by atoms with E-state index in [9.17, 15) is 4.79 Å². The lowest BCUT2D eigenvalue weighted by Crippen LogP contribution is -2.24. The van der Waals surface area contributed by atoms with Gasteiger partial charge in [-0.1, -0.05) is 5.21 Å². The van der Waals surface area contributed by atoms with Gasteiger partial charge in [0.05, 0.1) is 5.52 Å². The molecule has 1 aromatic heterocycles. The van der Waals surface area contributed by atoms with E-state index in [-0.39, 0.29) is 6.54 Å². The molecule has 1 aromatic carbocycles. The normalized spacial score (nSPS) is 11.2. The van der Waals surface area contributed by atoms with Crippen molar-refractivity contribution >= 4 is 22.7 Å². The Labute approximate surface area is 123 Å². The Kier molecular flexibility index (Phi) is 4.74. The number of hydrogen-bond acceptors (Lipinski definition) is 5. The molecule has 0 aliphatic rings. The predicted molar refractivity (Wildman–Crippen MR) is 81.6 cm³/mol. The van der Waals surface area contributed by atoms with Crippen LogP contribution in [0.4, 0.5) is 5.69 Å². The molecule has 0 unspecified atom stereocenters. The summed E-state index contributed by atoms with van der Waals surface area (Å²) in [6, 6.07) is 5.71. The Morgan fingerprint density at radius 2 is 2.10 bits per heavy atom. The number of hydrogen-bond donors (Lipinski definition) is 1. The van der Waals surface area contributed by atoms with E-state index in [4.69, 9.17) is 5.11 Å². The lowest BCUT2D eigenvalue weighted by Gasteiger charge is -2.16. The molecule has 0 fully saturated rings. The third kappa shape index (κ3) is 3.91. The van der Waals surface area contributed by atoms with Crippen LogP contribution in [0.5, 0.6) is 0 Å². The standard InChI is InChI=1S/C14H21N5O2/c1-17(2)7-4-8-19-13-6-5-11(9-12(13)15-16-19)18(3)10-14(20)21/h5-6,9H,4,7-8,10H2,1-3H3,(H,20,21). The topological polar surface area (TPSA) is 74.5 Å². The monoisotopic (exact) mass is 291 g/mol. The molecule has 0 saturated heterocycles. The minimum Gasteiger partial charge on any atom is -0.480 e. The Bertz CT molecular complexity index is 623. The van der Waals surface area contributed by atoms with E-state index in [1.165, 1.54) is 0 Å². The number of carboxylic acids is 1. The van der Waals surface area contributed by atoms with E-state index < -0.39 is 5.97 Å². The van der Waals surface area contributed by atoms with E-state index in [2.05, 4.69) is 15.2 Å². The van der Waals surface area contributed by atoms with Crippen molar-refractivity contribution in [3.8, 4) is 0 Å². The zero-order chi connectivity index (χ0) is 15.4. The molecule has 0 bridgehead atoms. The number of fused-ring (bicyclic) bond motifs is 1. The average Bonchev–Trinajstić information content (AvgIpc) is 2.80. The summed E-state index contributed by atoms with van der Waals surface area (Å²) in [5.41, 5.74) is 2.58. The number of nitrogens with zero attached hydrogens (tertiary/aromatic N) is 5. The van der Waals surface area contributed by atoms with Gasteiger partial charge in [-0.3, -0.25) is 4.79 Å². The first-order chi connectivity index (χ1) is 9.97. The second-order valence-electron chi connectivity index (χ2n) is 5.39. The van der Waals surface area contributed by atoms with Gasteiger partial charge in [-0.25, -0.2) is 4.68 Å². The maximum absolute atomic E-state index is 10.7. The van der Waals surface area contributed by atoms with E-state index in [1.807, 2.05) is 37.0 Å². The van der Waals surface area contributed by atoms with Gasteiger partial charge in [0.1, 0.15) is 12.1 Å². The fourth-order valence-electron chi connectivity index (χ4n) is 2.19. The quantitative estimate of drug-likeness (QED) is 0.817. The van der Waals surface area contributed by atoms with E-state index in [1.54, 1.807) is 11.9 Å². The summed E-state index contributed by atoms with van der Waals surface area (Å²) in [4.78, 5) is 14.6. The van der Waals surface area contributed by atoms with Gasteiger partial charge < -0.3 is 14.9 Å². The van der Waals surface area contributed by atoms with Crippen molar-refractivity contribution in [1.29, 1.82) is 0 Å². The van der Waals surface area contributed by atoms with Crippen molar-refractivity contribution in [3.63, 3.8) is 0 Å². The molecule has 114 valence electrons. The van der Waals surface area contributed by atoms with Crippen LogP contribution >= 0.6 is 0 Å². The van der Waals surface area contributed by atoms with Gasteiger partial charge >= 0.3 is 5.97 Å². The lowest BCUT2D eigenvalue weighted by atomic mass is 10.2. The molecule has 2 rings (SSSR count). The van der Waals surface area contributed by atoms with Crippen LogP contribution in [0.25, 0.3) is 11.0 Å². The number of aromatic nitrogens is 3. The molecule has 0 aliphatic heterocycles. The van der Waals surface area contributed by atoms with Crippen molar-refractivity contribution in [2.75, 3.05) is 39.1 Å². The van der Waals surface area contributed by atoms with Gasteiger partial charge in [-0.2, -0.15) is 0 Å². The molecule has 0 radical (unpaired) electrons. The van der Waals surface area contributed by atoms with Crippen molar-refractivity contribution in [2.45, 2.75) is 13.0 Å². The Balaban J connectivity index is 2.13. The minimum absolute atomic E-state index is 0.0392. The van der Waals surface area contributed by atoms with Gasteiger partial charge in [-0.05, 0) is 45.3 Å². The first kappa shape index (κ1) is 15.2. The summed E-state index contributed by atoms with van der Waals surface area (Å²) in [6.07, 6.45) is 1.01. The SMILES string of the molecule is CN(C)CCCn1nnc2cc(N(C)CC(=O)O)ccc21. The van der Waals surface area contributed by atoms with Crippen molar-refractivity contribution in [1.82, 2.24) is 19.9 Å². The highest BCUT2D eigenvalue weighted by molar-refractivity contribution is 5.80. The maximum Gasteiger partial charge on any atom is 0.323 e. The van der Waals surface area contributed by atoms with Crippen LogP contribution in [0.1, 0.15) is 6.42 Å². The highest BCUT2D eigenvalue weighted by atomic mass is 16.4. The third-order valence-corrected chi connectivity index (χ3v) is 3.29. The van der Waals surface area contributed by atoms with Gasteiger partial charge in [0, 0.05) is 19.3 Å². The van der Waals surface area contributed by atoms with Crippen molar-refractivity contribution in [3.05, 3.63) is 18.2 Å². The second kappa shape index (κ2) is 6.53. The highest BCUT2D eigenvalue weighted by Crippen LogP contribution is 2.19. The maximum atomic E-state index is 10.7. The van der Waals surface area contributed by atoms with E-state index in [0.717, 1.165) is 36.2 Å². The molecule has 0 saturated carbocycles. The predicted octanol–water partition coefficient (Wildman–Crippen LogP) is 0.904. The molecular formula is C14H21N5O2. The van der Waals surface area contributed by atoms with Gasteiger partial charge in [0.25, 0.3) is 0 Å². The zero-order valence-electron chi connectivity index (χ0n) is 12.7. The molecule has 0 aliphatic carbocycles. The Hall–Kier alpha value is -2.15. The zero-order valence-corrected chi connectivity index (χ0v) is 12.7. The summed E-state index contributed by atoms with van der Waals surface area (Å²) in [5, 5.41) is 17.2. The molecule has 7 heteroatoms. The second-order valence-corrected chi connectivity index (χ2v) is 5.39. The fourth-order valence-corrected chi connectivity index (χ4v) is 2.19. The number of benzene rings is 1. The number of aryl methyl sites for hydroxylation is 1. The number of likely N-dealkylation sites (N-methyl/N-ethyl adjacent to an activating group) is 1. The molecule has 1 heterocycles. The van der Waals surface area contributed by atoms with Gasteiger partial charge in [-0.15, -0.1) is 5.10 Å². The third-order valence-electron chi connectivity index (χ3n) is 3.29. The molecule has 2 aromatic rings. The summed E-state index contributed by atoms with van der Waals surface area (Å²) < 4.78 is 1.89. The summed E-state index contributed by atoms with van der Waals surface area (Å²) >= 11 is 0. The largest absolute Gasteiger partial charge is 0.480 e. The summed E-state index contributed by atoms with van der Waals surface area (Å²) in [6.45, 7) is 1.78. The van der Waals surface area contributed by atoms with Gasteiger partial charge in [0.15, 0.2) is 0 Å². The molecule has 0 atom stereocenters. The number of anilines is 1. The van der Waals surface area contributed by atoms with Crippen LogP contribution in [0.2, 0.25) is 0 Å². The minimum atomic E-state index is -0.857. The molecule has 21 heavy (non-hydrogen) atoms. The summed E-state index contributed by atoms with van der Waals surface area (Å²) in [5.74, 6) is -0.857. The number of rotatable bonds is 7. The van der Waals surface area contributed by atoms with Crippen molar-refractivity contribution in [2.24, 2.45) is 0 Å². The molecule has 7 nitrogen and oxygen atoms in total. The summed E-state index contributed by atoms with van der Waals surface area (Å²) in [7, 11) is 5.84. The molecule has 0 spiro atoms. The van der Waals surface area contributed by atoms with Crippen LogP contribution in [-0.2, 0) is 11.3 Å². The fraction of sp³-hybridized carbons (Fsp3) is 0.500. The first-order valence-corrected chi connectivity index (χ1v) is 6.88. The number of carboxylic acid groups (broad SMARTS) is 1. The number of aliphatic carboxylic acids is 1. The van der Waals surface area contributed by atoms with Crippen LogP contribution in [0, 0.1) is 0 Å². The Morgan fingerprint density at radius 3 is 2.76 bits per heavy atom. The van der Waals surface area contributed by atoms with Crippen LogP contribution < -0.4 is 4.90 Å². The van der Waals surface area contributed by atoms with Crippen molar-refractivity contribution < 1.29 is 9.90 Å². The smallest absolute Gasteiger partial charge is 0.323 e. The van der Waals surface area contributed by atoms with Crippen LogP contribution in [0.3, 0.4) is 0 Å². The molecule has 0 amide bonds. The molecular weight excluding hydrogens is 270 g/mol. The van der Waals surface area contributed by atoms with Crippen LogP contribution in [0.15, 0.2) is 18.2 Å². The van der Waals surface area contributed by atoms with E-state index >= 15 is 0 Å². The first-order valence-electron chi connectivity index (χ1n) is 6.88. The number of carbonyl (C=O) groups is 1. The highest BCUT2D eigenvalue weighted by Gasteiger charge is 2.09. The lowest BCUT2D eigenvalue weighted by molar-refractivity contribution is -0.135. The molecule has 1 N–H and O–H groups in total. The Morgan fingerprint density at radius 1 is 1.33 bits per heavy atom. The van der Waals surface area contributed by atoms with E-state index in [0.29, 0.717) is 0 Å². The van der Waals surface area contributed by atoms with Gasteiger partial charge in [0.2, 0.25) is 0 Å². The van der Waals surface area contributed by atoms with Crippen LogP contribution in [-0.4, -0.2) is 65.2 Å².